The molecule has 2 aliphatic carbocycles. The van der Waals surface area contributed by atoms with Gasteiger partial charge in [-0.15, -0.1) is 0 Å². The predicted octanol–water partition coefficient (Wildman–Crippen LogP) is 2.29. The molecule has 0 aromatic heterocycles. The maximum absolute atomic E-state index is 11.0. The Bertz CT molecular complexity index is 338. The van der Waals surface area contributed by atoms with Gasteiger partial charge in [0.1, 0.15) is 0 Å². The molecule has 2 rings (SSSR count). The number of allylic oxidation sites excluding steroid dienone is 1. The van der Waals surface area contributed by atoms with Crippen LogP contribution in [0.2, 0.25) is 0 Å². The highest BCUT2D eigenvalue weighted by molar-refractivity contribution is 5.05. The molecule has 0 bridgehead atoms. The third-order valence-corrected chi connectivity index (χ3v) is 3.70. The zero-order valence-corrected chi connectivity index (χ0v) is 10.2. The van der Waals surface area contributed by atoms with Crippen LogP contribution in [0.4, 0.5) is 0 Å². The summed E-state index contributed by atoms with van der Waals surface area (Å²) < 4.78 is 0. The first kappa shape index (κ1) is 12.3. The molecular formula is C13H20N2O2. The van der Waals surface area contributed by atoms with Gasteiger partial charge in [0.15, 0.2) is 0 Å². The van der Waals surface area contributed by atoms with Crippen molar-refractivity contribution in [3.63, 3.8) is 0 Å². The molecule has 0 heterocycles. The summed E-state index contributed by atoms with van der Waals surface area (Å²) in [4.78, 5) is 10.8. The Kier molecular flexibility index (Phi) is 3.94. The lowest BCUT2D eigenvalue weighted by Gasteiger charge is -2.29. The van der Waals surface area contributed by atoms with Crippen molar-refractivity contribution in [1.82, 2.24) is 5.32 Å². The molecule has 4 nitrogen and oxygen atoms in total. The lowest BCUT2D eigenvalue weighted by Crippen LogP contribution is -2.49. The van der Waals surface area contributed by atoms with Crippen LogP contribution < -0.4 is 5.32 Å². The largest absolute Gasteiger partial charge is 0.301 e. The van der Waals surface area contributed by atoms with E-state index in [9.17, 15) is 10.1 Å². The number of rotatable bonds is 3. The van der Waals surface area contributed by atoms with Crippen LogP contribution in [-0.4, -0.2) is 23.0 Å². The van der Waals surface area contributed by atoms with Gasteiger partial charge in [0.05, 0.1) is 6.04 Å². The van der Waals surface area contributed by atoms with E-state index >= 15 is 0 Å². The summed E-state index contributed by atoms with van der Waals surface area (Å²) in [7, 11) is 0. The summed E-state index contributed by atoms with van der Waals surface area (Å²) in [6.07, 6.45) is 11.9. The van der Waals surface area contributed by atoms with Crippen LogP contribution in [-0.2, 0) is 0 Å². The van der Waals surface area contributed by atoms with Crippen LogP contribution in [0, 0.1) is 16.0 Å². The van der Waals surface area contributed by atoms with Crippen LogP contribution in [0.1, 0.15) is 32.6 Å². The van der Waals surface area contributed by atoms with Crippen LogP contribution >= 0.6 is 0 Å². The standard InChI is InChI=1S/C13H20N2O2/c1-10-6-8-11(9-7-10)14-12-4-2-3-5-13(12)15(16)17/h2-3,6,8,10-14H,4-5,7,9H2,1H3. The topological polar surface area (TPSA) is 55.2 Å². The van der Waals surface area contributed by atoms with Crippen molar-refractivity contribution in [3.8, 4) is 0 Å². The van der Waals surface area contributed by atoms with Gasteiger partial charge in [-0.05, 0) is 25.2 Å². The first-order valence-corrected chi connectivity index (χ1v) is 6.39. The number of nitrogens with zero attached hydrogens (tertiary/aromatic N) is 1. The number of nitrogens with one attached hydrogen (secondary N) is 1. The zero-order valence-electron chi connectivity index (χ0n) is 10.2. The van der Waals surface area contributed by atoms with E-state index in [2.05, 4.69) is 24.4 Å². The Labute approximate surface area is 102 Å². The van der Waals surface area contributed by atoms with Crippen molar-refractivity contribution >= 4 is 0 Å². The maximum Gasteiger partial charge on any atom is 0.231 e. The van der Waals surface area contributed by atoms with Gasteiger partial charge in [0.2, 0.25) is 6.04 Å². The van der Waals surface area contributed by atoms with Gasteiger partial charge in [-0.2, -0.15) is 0 Å². The molecule has 0 saturated heterocycles. The second kappa shape index (κ2) is 5.45. The van der Waals surface area contributed by atoms with Gasteiger partial charge in [0, 0.05) is 17.4 Å². The summed E-state index contributed by atoms with van der Waals surface area (Å²) in [6, 6.07) is -0.170. The van der Waals surface area contributed by atoms with E-state index in [1.54, 1.807) is 0 Å². The molecule has 94 valence electrons. The molecule has 0 fully saturated rings. The Hall–Kier alpha value is -1.16. The minimum Gasteiger partial charge on any atom is -0.301 e. The first-order valence-electron chi connectivity index (χ1n) is 6.39. The molecule has 0 aromatic rings. The maximum atomic E-state index is 11.0. The van der Waals surface area contributed by atoms with E-state index in [-0.39, 0.29) is 11.0 Å². The van der Waals surface area contributed by atoms with E-state index < -0.39 is 6.04 Å². The molecule has 0 aliphatic heterocycles. The Morgan fingerprint density at radius 2 is 2.00 bits per heavy atom. The first-order chi connectivity index (χ1) is 8.16. The normalized spacial score (nSPS) is 37.0. The average molecular weight is 236 g/mol. The molecule has 0 radical (unpaired) electrons. The predicted molar refractivity (Wildman–Crippen MR) is 67.4 cm³/mol. The molecule has 4 heteroatoms. The summed E-state index contributed by atoms with van der Waals surface area (Å²) >= 11 is 0. The molecule has 2 aliphatic rings. The van der Waals surface area contributed by atoms with Gasteiger partial charge < -0.3 is 5.32 Å². The second-order valence-corrected chi connectivity index (χ2v) is 5.11. The van der Waals surface area contributed by atoms with Crippen molar-refractivity contribution in [2.24, 2.45) is 5.92 Å². The van der Waals surface area contributed by atoms with E-state index in [0.29, 0.717) is 18.4 Å². The lowest BCUT2D eigenvalue weighted by molar-refractivity contribution is -0.526. The summed E-state index contributed by atoms with van der Waals surface area (Å²) in [5, 5.41) is 14.4. The van der Waals surface area contributed by atoms with Crippen molar-refractivity contribution in [2.75, 3.05) is 0 Å². The fourth-order valence-corrected chi connectivity index (χ4v) is 2.58. The van der Waals surface area contributed by atoms with Crippen molar-refractivity contribution < 1.29 is 4.92 Å². The van der Waals surface area contributed by atoms with Gasteiger partial charge in [-0.1, -0.05) is 31.2 Å². The average Bonchev–Trinajstić information content (AvgIpc) is 2.32. The summed E-state index contributed by atoms with van der Waals surface area (Å²) in [6.45, 7) is 2.20. The third kappa shape index (κ3) is 3.16. The Balaban J connectivity index is 1.95. The van der Waals surface area contributed by atoms with Crippen LogP contribution in [0.3, 0.4) is 0 Å². The number of hydrogen-bond donors (Lipinski definition) is 1. The number of hydrogen-bond acceptors (Lipinski definition) is 3. The van der Waals surface area contributed by atoms with Crippen LogP contribution in [0.5, 0.6) is 0 Å². The molecule has 0 amide bonds. The van der Waals surface area contributed by atoms with Crippen molar-refractivity contribution in [2.45, 2.75) is 50.7 Å². The van der Waals surface area contributed by atoms with Gasteiger partial charge in [-0.25, -0.2) is 0 Å². The minimum absolute atomic E-state index is 0.0157. The van der Waals surface area contributed by atoms with Crippen LogP contribution in [0.15, 0.2) is 24.3 Å². The quantitative estimate of drug-likeness (QED) is 0.464. The van der Waals surface area contributed by atoms with E-state index in [1.807, 2.05) is 12.2 Å². The fourth-order valence-electron chi connectivity index (χ4n) is 2.58. The molecular weight excluding hydrogens is 216 g/mol. The minimum atomic E-state index is -0.465. The van der Waals surface area contributed by atoms with E-state index in [0.717, 1.165) is 12.8 Å². The SMILES string of the molecule is CC1C=CC(NC2CC=CCC2[N+](=O)[O-])CC1. The highest BCUT2D eigenvalue weighted by Crippen LogP contribution is 2.20. The lowest BCUT2D eigenvalue weighted by atomic mass is 9.91. The Morgan fingerprint density at radius 3 is 2.65 bits per heavy atom. The van der Waals surface area contributed by atoms with Crippen molar-refractivity contribution in [1.29, 1.82) is 0 Å². The van der Waals surface area contributed by atoms with E-state index in [4.69, 9.17) is 0 Å². The molecule has 1 N–H and O–H groups in total. The van der Waals surface area contributed by atoms with Crippen LogP contribution in [0.25, 0.3) is 0 Å². The highest BCUT2D eigenvalue weighted by atomic mass is 16.6. The molecule has 0 spiro atoms. The van der Waals surface area contributed by atoms with Crippen molar-refractivity contribution in [3.05, 3.63) is 34.4 Å². The highest BCUT2D eigenvalue weighted by Gasteiger charge is 2.33. The summed E-state index contributed by atoms with van der Waals surface area (Å²) in [5.41, 5.74) is 0. The van der Waals surface area contributed by atoms with Gasteiger partial charge in [0.25, 0.3) is 0 Å². The smallest absolute Gasteiger partial charge is 0.231 e. The van der Waals surface area contributed by atoms with Gasteiger partial charge in [-0.3, -0.25) is 10.1 Å². The molecule has 0 aromatic carbocycles. The van der Waals surface area contributed by atoms with Gasteiger partial charge >= 0.3 is 0 Å². The molecule has 17 heavy (non-hydrogen) atoms. The second-order valence-electron chi connectivity index (χ2n) is 5.11. The third-order valence-electron chi connectivity index (χ3n) is 3.70. The zero-order chi connectivity index (χ0) is 12.3. The molecule has 0 saturated carbocycles. The van der Waals surface area contributed by atoms with E-state index in [1.165, 1.54) is 6.42 Å². The molecule has 4 unspecified atom stereocenters. The summed E-state index contributed by atoms with van der Waals surface area (Å²) in [5.74, 6) is 0.644. The molecule has 4 atom stereocenters. The Morgan fingerprint density at radius 1 is 1.24 bits per heavy atom. The monoisotopic (exact) mass is 236 g/mol. The fraction of sp³-hybridized carbons (Fsp3) is 0.692. The number of nitro groups is 1.